The topological polar surface area (TPSA) is 42.1 Å². The first-order valence-electron chi connectivity index (χ1n) is 5.72. The molecule has 0 aliphatic carbocycles. The number of hydrogen-bond acceptors (Lipinski definition) is 4. The van der Waals surface area contributed by atoms with Gasteiger partial charge in [-0.3, -0.25) is 4.90 Å². The molecule has 0 saturated carbocycles. The van der Waals surface area contributed by atoms with E-state index in [0.29, 0.717) is 6.54 Å². The van der Waals surface area contributed by atoms with Crippen LogP contribution in [0.15, 0.2) is 41.2 Å². The average molecular weight is 247 g/mol. The number of nitrogens with two attached hydrogens (primary N) is 1. The second kappa shape index (κ2) is 6.49. The fraction of sp³-hybridized carbons (Fsp3) is 0.308. The van der Waals surface area contributed by atoms with E-state index in [2.05, 4.69) is 39.5 Å². The average Bonchev–Trinajstić information content (AvgIpc) is 2.83. The minimum Gasteiger partial charge on any atom is -0.329 e. The molecule has 2 N–H and O–H groups in total. The van der Waals surface area contributed by atoms with Gasteiger partial charge in [0.05, 0.1) is 11.2 Å². The Morgan fingerprint density at radius 3 is 2.65 bits per heavy atom. The number of benzene rings is 1. The summed E-state index contributed by atoms with van der Waals surface area (Å²) in [7, 11) is 0. The number of nitrogens with zero attached hydrogens (tertiary/aromatic N) is 2. The summed E-state index contributed by atoms with van der Waals surface area (Å²) in [4.78, 5) is 6.64. The molecule has 1 aromatic heterocycles. The first-order chi connectivity index (χ1) is 8.38. The van der Waals surface area contributed by atoms with Crippen molar-refractivity contribution in [1.82, 2.24) is 9.88 Å². The minimum atomic E-state index is 0.678. The molecule has 0 aliphatic rings. The SMILES string of the molecule is NCCN(Cc1ccccc1)Cc1cscn1. The van der Waals surface area contributed by atoms with Crippen molar-refractivity contribution in [2.45, 2.75) is 13.1 Å². The first kappa shape index (κ1) is 12.2. The summed E-state index contributed by atoms with van der Waals surface area (Å²) in [5, 5.41) is 2.09. The summed E-state index contributed by atoms with van der Waals surface area (Å²) in [6, 6.07) is 10.5. The normalized spacial score (nSPS) is 10.9. The second-order valence-corrected chi connectivity index (χ2v) is 4.68. The van der Waals surface area contributed by atoms with Gasteiger partial charge in [-0.15, -0.1) is 11.3 Å². The van der Waals surface area contributed by atoms with Crippen LogP contribution in [-0.4, -0.2) is 23.0 Å². The van der Waals surface area contributed by atoms with Gasteiger partial charge in [0.25, 0.3) is 0 Å². The quantitative estimate of drug-likeness (QED) is 0.850. The van der Waals surface area contributed by atoms with Gasteiger partial charge in [-0.1, -0.05) is 30.3 Å². The molecule has 3 nitrogen and oxygen atoms in total. The molecule has 0 radical (unpaired) electrons. The highest BCUT2D eigenvalue weighted by molar-refractivity contribution is 7.07. The van der Waals surface area contributed by atoms with Gasteiger partial charge in [0.1, 0.15) is 0 Å². The zero-order valence-electron chi connectivity index (χ0n) is 9.75. The largest absolute Gasteiger partial charge is 0.329 e. The van der Waals surface area contributed by atoms with Gasteiger partial charge in [0.2, 0.25) is 0 Å². The van der Waals surface area contributed by atoms with Crippen LogP contribution in [-0.2, 0) is 13.1 Å². The van der Waals surface area contributed by atoms with Crippen molar-refractivity contribution < 1.29 is 0 Å². The molecule has 2 rings (SSSR count). The smallest absolute Gasteiger partial charge is 0.0795 e. The predicted octanol–water partition coefficient (Wildman–Crippen LogP) is 2.10. The summed E-state index contributed by atoms with van der Waals surface area (Å²) < 4.78 is 0. The van der Waals surface area contributed by atoms with Gasteiger partial charge < -0.3 is 5.73 Å². The summed E-state index contributed by atoms with van der Waals surface area (Å²) in [5.41, 5.74) is 9.97. The standard InChI is InChI=1S/C13H17N3S/c14-6-7-16(9-13-10-17-11-15-13)8-12-4-2-1-3-5-12/h1-5,10-11H,6-9,14H2. The van der Waals surface area contributed by atoms with Crippen LogP contribution in [0.3, 0.4) is 0 Å². The maximum absolute atomic E-state index is 5.65. The van der Waals surface area contributed by atoms with Crippen molar-refractivity contribution >= 4 is 11.3 Å². The number of rotatable bonds is 6. The van der Waals surface area contributed by atoms with Crippen molar-refractivity contribution in [2.75, 3.05) is 13.1 Å². The Hall–Kier alpha value is -1.23. The molecule has 0 aliphatic heterocycles. The van der Waals surface area contributed by atoms with Crippen molar-refractivity contribution in [3.63, 3.8) is 0 Å². The lowest BCUT2D eigenvalue weighted by Gasteiger charge is -2.20. The molecule has 90 valence electrons. The Balaban J connectivity index is 1.97. The summed E-state index contributed by atoms with van der Waals surface area (Å²) in [6.45, 7) is 3.37. The van der Waals surface area contributed by atoms with E-state index in [4.69, 9.17) is 5.73 Å². The molecule has 0 spiro atoms. The van der Waals surface area contributed by atoms with Crippen LogP contribution in [0.25, 0.3) is 0 Å². The molecule has 1 aromatic carbocycles. The summed E-state index contributed by atoms with van der Waals surface area (Å²) in [6.07, 6.45) is 0. The van der Waals surface area contributed by atoms with E-state index in [1.54, 1.807) is 11.3 Å². The third-order valence-electron chi connectivity index (χ3n) is 2.56. The lowest BCUT2D eigenvalue weighted by molar-refractivity contribution is 0.262. The van der Waals surface area contributed by atoms with Crippen molar-refractivity contribution in [1.29, 1.82) is 0 Å². The molecule has 0 amide bonds. The molecular formula is C13H17N3S. The Bertz CT molecular complexity index is 413. The lowest BCUT2D eigenvalue weighted by atomic mass is 10.2. The number of aromatic nitrogens is 1. The summed E-state index contributed by atoms with van der Waals surface area (Å²) >= 11 is 1.64. The Morgan fingerprint density at radius 1 is 1.18 bits per heavy atom. The van der Waals surface area contributed by atoms with Gasteiger partial charge in [0.15, 0.2) is 0 Å². The third-order valence-corrected chi connectivity index (χ3v) is 3.20. The van der Waals surface area contributed by atoms with E-state index >= 15 is 0 Å². The molecule has 0 atom stereocenters. The zero-order chi connectivity index (χ0) is 11.9. The van der Waals surface area contributed by atoms with E-state index in [0.717, 1.165) is 25.3 Å². The molecule has 0 saturated heterocycles. The number of hydrogen-bond donors (Lipinski definition) is 1. The van der Waals surface area contributed by atoms with Crippen LogP contribution in [0.2, 0.25) is 0 Å². The zero-order valence-corrected chi connectivity index (χ0v) is 10.6. The van der Waals surface area contributed by atoms with E-state index in [-0.39, 0.29) is 0 Å². The van der Waals surface area contributed by atoms with Crippen LogP contribution in [0.5, 0.6) is 0 Å². The van der Waals surface area contributed by atoms with E-state index in [1.165, 1.54) is 5.56 Å². The van der Waals surface area contributed by atoms with Crippen LogP contribution >= 0.6 is 11.3 Å². The fourth-order valence-corrected chi connectivity index (χ4v) is 2.33. The molecule has 17 heavy (non-hydrogen) atoms. The van der Waals surface area contributed by atoms with E-state index < -0.39 is 0 Å². The lowest BCUT2D eigenvalue weighted by Crippen LogP contribution is -2.28. The monoisotopic (exact) mass is 247 g/mol. The van der Waals surface area contributed by atoms with Crippen LogP contribution in [0.1, 0.15) is 11.3 Å². The van der Waals surface area contributed by atoms with Gasteiger partial charge >= 0.3 is 0 Å². The van der Waals surface area contributed by atoms with Gasteiger partial charge in [-0.05, 0) is 5.56 Å². The van der Waals surface area contributed by atoms with Crippen LogP contribution < -0.4 is 5.73 Å². The highest BCUT2D eigenvalue weighted by atomic mass is 32.1. The predicted molar refractivity (Wildman–Crippen MR) is 71.7 cm³/mol. The Labute approximate surface area is 106 Å². The van der Waals surface area contributed by atoms with Crippen molar-refractivity contribution in [2.24, 2.45) is 5.73 Å². The molecule has 2 aromatic rings. The first-order valence-corrected chi connectivity index (χ1v) is 6.66. The third kappa shape index (κ3) is 3.93. The second-order valence-electron chi connectivity index (χ2n) is 3.96. The number of thiazole rings is 1. The highest BCUT2D eigenvalue weighted by Gasteiger charge is 2.07. The molecule has 0 fully saturated rings. The Morgan fingerprint density at radius 2 is 2.00 bits per heavy atom. The Kier molecular flexibility index (Phi) is 4.67. The molecule has 0 unspecified atom stereocenters. The molecule has 0 bridgehead atoms. The molecule has 1 heterocycles. The van der Waals surface area contributed by atoms with Crippen LogP contribution in [0.4, 0.5) is 0 Å². The highest BCUT2D eigenvalue weighted by Crippen LogP contribution is 2.09. The van der Waals surface area contributed by atoms with Gasteiger partial charge in [-0.2, -0.15) is 0 Å². The molecule has 4 heteroatoms. The molecular weight excluding hydrogens is 230 g/mol. The fourth-order valence-electron chi connectivity index (χ4n) is 1.78. The summed E-state index contributed by atoms with van der Waals surface area (Å²) in [5.74, 6) is 0. The van der Waals surface area contributed by atoms with Gasteiger partial charge in [0, 0.05) is 31.6 Å². The maximum atomic E-state index is 5.65. The minimum absolute atomic E-state index is 0.678. The van der Waals surface area contributed by atoms with Gasteiger partial charge in [-0.25, -0.2) is 4.98 Å². The maximum Gasteiger partial charge on any atom is 0.0795 e. The van der Waals surface area contributed by atoms with E-state index in [9.17, 15) is 0 Å². The van der Waals surface area contributed by atoms with Crippen molar-refractivity contribution in [3.05, 3.63) is 52.5 Å². The van der Waals surface area contributed by atoms with Crippen LogP contribution in [0, 0.1) is 0 Å². The van der Waals surface area contributed by atoms with E-state index in [1.807, 2.05) is 11.6 Å². The van der Waals surface area contributed by atoms with Crippen molar-refractivity contribution in [3.8, 4) is 0 Å².